The Morgan fingerprint density at radius 3 is 2.35 bits per heavy atom. The van der Waals surface area contributed by atoms with Gasteiger partial charge >= 0.3 is 5.97 Å². The summed E-state index contributed by atoms with van der Waals surface area (Å²) in [6.45, 7) is 0.944. The minimum absolute atomic E-state index is 0.0628. The van der Waals surface area contributed by atoms with Crippen LogP contribution in [0.25, 0.3) is 10.4 Å². The first-order chi connectivity index (χ1) is 11.0. The number of nitrogens with zero attached hydrogens (tertiary/aromatic N) is 1. The van der Waals surface area contributed by atoms with Crippen molar-refractivity contribution in [3.05, 3.63) is 47.1 Å². The van der Waals surface area contributed by atoms with Crippen molar-refractivity contribution in [2.75, 3.05) is 13.1 Å². The van der Waals surface area contributed by atoms with E-state index in [9.17, 15) is 14.0 Å². The lowest BCUT2D eigenvalue weighted by atomic mass is 9.97. The molecule has 1 aliphatic heterocycles. The van der Waals surface area contributed by atoms with E-state index in [2.05, 4.69) is 0 Å². The van der Waals surface area contributed by atoms with Gasteiger partial charge in [-0.05, 0) is 42.7 Å². The second-order valence-electron chi connectivity index (χ2n) is 5.58. The fourth-order valence-electron chi connectivity index (χ4n) is 2.71. The molecule has 0 saturated carbocycles. The van der Waals surface area contributed by atoms with Crippen LogP contribution in [-0.2, 0) is 4.79 Å². The van der Waals surface area contributed by atoms with Gasteiger partial charge in [-0.2, -0.15) is 0 Å². The number of carbonyl (C=O) groups excluding carboxylic acids is 1. The molecule has 0 spiro atoms. The zero-order valence-electron chi connectivity index (χ0n) is 12.4. The number of halogens is 1. The number of carboxylic acids is 1. The van der Waals surface area contributed by atoms with E-state index in [4.69, 9.17) is 5.11 Å². The molecule has 1 aromatic heterocycles. The van der Waals surface area contributed by atoms with Crippen molar-refractivity contribution in [3.8, 4) is 10.4 Å². The van der Waals surface area contributed by atoms with Crippen molar-refractivity contribution < 1.29 is 19.1 Å². The Morgan fingerprint density at radius 2 is 1.74 bits per heavy atom. The van der Waals surface area contributed by atoms with Gasteiger partial charge in [-0.15, -0.1) is 11.3 Å². The molecule has 1 aliphatic rings. The van der Waals surface area contributed by atoms with Crippen molar-refractivity contribution in [1.29, 1.82) is 0 Å². The van der Waals surface area contributed by atoms with Crippen LogP contribution < -0.4 is 0 Å². The van der Waals surface area contributed by atoms with Gasteiger partial charge in [0.2, 0.25) is 0 Å². The predicted octanol–water partition coefficient (Wildman–Crippen LogP) is 3.49. The van der Waals surface area contributed by atoms with Gasteiger partial charge in [-0.25, -0.2) is 4.39 Å². The summed E-state index contributed by atoms with van der Waals surface area (Å²) in [6, 6.07) is 9.80. The predicted molar refractivity (Wildman–Crippen MR) is 86.0 cm³/mol. The highest BCUT2D eigenvalue weighted by molar-refractivity contribution is 7.17. The summed E-state index contributed by atoms with van der Waals surface area (Å²) in [5.41, 5.74) is 0.875. The van der Waals surface area contributed by atoms with E-state index in [0.29, 0.717) is 30.8 Å². The Morgan fingerprint density at radius 1 is 1.09 bits per heavy atom. The third kappa shape index (κ3) is 3.42. The van der Waals surface area contributed by atoms with Crippen LogP contribution in [0.3, 0.4) is 0 Å². The number of hydrogen-bond acceptors (Lipinski definition) is 3. The van der Waals surface area contributed by atoms with Crippen LogP contribution in [0.5, 0.6) is 0 Å². The van der Waals surface area contributed by atoms with E-state index in [1.54, 1.807) is 23.1 Å². The Labute approximate surface area is 137 Å². The summed E-state index contributed by atoms with van der Waals surface area (Å²) in [6.07, 6.45) is 0.995. The van der Waals surface area contributed by atoms with Crippen LogP contribution in [0, 0.1) is 11.7 Å². The molecule has 2 aromatic rings. The number of aliphatic carboxylic acids is 1. The van der Waals surface area contributed by atoms with Gasteiger partial charge in [0, 0.05) is 18.0 Å². The quantitative estimate of drug-likeness (QED) is 0.935. The normalized spacial score (nSPS) is 15.6. The molecule has 0 radical (unpaired) electrons. The molecule has 0 atom stereocenters. The van der Waals surface area contributed by atoms with Gasteiger partial charge in [0.25, 0.3) is 5.91 Å². The molecule has 1 amide bonds. The van der Waals surface area contributed by atoms with Gasteiger partial charge < -0.3 is 10.0 Å². The minimum Gasteiger partial charge on any atom is -0.481 e. The van der Waals surface area contributed by atoms with Crippen molar-refractivity contribution >= 4 is 23.2 Å². The molecule has 4 nitrogen and oxygen atoms in total. The van der Waals surface area contributed by atoms with Gasteiger partial charge in [0.1, 0.15) is 5.82 Å². The third-order valence-electron chi connectivity index (χ3n) is 4.08. The molecule has 23 heavy (non-hydrogen) atoms. The fourth-order valence-corrected chi connectivity index (χ4v) is 3.69. The highest BCUT2D eigenvalue weighted by atomic mass is 32.1. The van der Waals surface area contributed by atoms with Crippen LogP contribution in [0.1, 0.15) is 22.5 Å². The minimum atomic E-state index is -0.785. The van der Waals surface area contributed by atoms with E-state index in [1.165, 1.54) is 23.5 Å². The summed E-state index contributed by atoms with van der Waals surface area (Å²) in [7, 11) is 0. The van der Waals surface area contributed by atoms with Crippen LogP contribution in [0.15, 0.2) is 36.4 Å². The highest BCUT2D eigenvalue weighted by Gasteiger charge is 2.28. The molecule has 0 unspecified atom stereocenters. The second kappa shape index (κ2) is 6.50. The second-order valence-corrected chi connectivity index (χ2v) is 6.66. The summed E-state index contributed by atoms with van der Waals surface area (Å²) >= 11 is 1.37. The molecular weight excluding hydrogens is 317 g/mol. The van der Waals surface area contributed by atoms with Crippen LogP contribution in [-0.4, -0.2) is 35.0 Å². The average Bonchev–Trinajstić information content (AvgIpc) is 3.05. The van der Waals surface area contributed by atoms with E-state index >= 15 is 0 Å². The standard InChI is InChI=1S/C17H16FNO3S/c18-13-3-1-11(2-4-13)14-5-6-15(23-14)16(20)19-9-7-12(8-10-19)17(21)22/h1-6,12H,7-10H2,(H,21,22). The number of carbonyl (C=O) groups is 2. The summed E-state index contributed by atoms with van der Waals surface area (Å²) < 4.78 is 13.0. The summed E-state index contributed by atoms with van der Waals surface area (Å²) in [5.74, 6) is -1.49. The maximum absolute atomic E-state index is 13.0. The topological polar surface area (TPSA) is 57.6 Å². The number of rotatable bonds is 3. The monoisotopic (exact) mass is 333 g/mol. The first-order valence-electron chi connectivity index (χ1n) is 7.42. The summed E-state index contributed by atoms with van der Waals surface area (Å²) in [5, 5.41) is 9.00. The lowest BCUT2D eigenvalue weighted by molar-refractivity contribution is -0.143. The molecule has 0 bridgehead atoms. The molecule has 0 aliphatic carbocycles. The van der Waals surface area contributed by atoms with Crippen LogP contribution in [0.4, 0.5) is 4.39 Å². The smallest absolute Gasteiger partial charge is 0.306 e. The molecule has 1 fully saturated rings. The highest BCUT2D eigenvalue weighted by Crippen LogP contribution is 2.30. The van der Waals surface area contributed by atoms with Gasteiger partial charge in [-0.3, -0.25) is 9.59 Å². The molecule has 1 N–H and O–H groups in total. The van der Waals surface area contributed by atoms with Crippen molar-refractivity contribution in [3.63, 3.8) is 0 Å². The van der Waals surface area contributed by atoms with E-state index in [0.717, 1.165) is 10.4 Å². The fraction of sp³-hybridized carbons (Fsp3) is 0.294. The largest absolute Gasteiger partial charge is 0.481 e. The Kier molecular flexibility index (Phi) is 4.43. The van der Waals surface area contributed by atoms with Crippen molar-refractivity contribution in [2.45, 2.75) is 12.8 Å². The molecule has 6 heteroatoms. The lowest BCUT2D eigenvalue weighted by Crippen LogP contribution is -2.39. The number of piperidine rings is 1. The first-order valence-corrected chi connectivity index (χ1v) is 8.24. The Bertz CT molecular complexity index is 718. The zero-order chi connectivity index (χ0) is 16.4. The maximum Gasteiger partial charge on any atom is 0.306 e. The third-order valence-corrected chi connectivity index (χ3v) is 5.20. The Balaban J connectivity index is 1.69. The SMILES string of the molecule is O=C(O)C1CCN(C(=O)c2ccc(-c3ccc(F)cc3)s2)CC1. The maximum atomic E-state index is 13.0. The molecule has 1 saturated heterocycles. The summed E-state index contributed by atoms with van der Waals surface area (Å²) in [4.78, 5) is 26.7. The first kappa shape index (κ1) is 15.7. The molecule has 3 rings (SSSR count). The zero-order valence-corrected chi connectivity index (χ0v) is 13.2. The van der Waals surface area contributed by atoms with Gasteiger partial charge in [0.15, 0.2) is 0 Å². The molecule has 1 aromatic carbocycles. The molecule has 2 heterocycles. The lowest BCUT2D eigenvalue weighted by Gasteiger charge is -2.29. The van der Waals surface area contributed by atoms with Gasteiger partial charge in [0.05, 0.1) is 10.8 Å². The number of thiophene rings is 1. The number of carboxylic acid groups (broad SMARTS) is 1. The molecule has 120 valence electrons. The number of benzene rings is 1. The Hall–Kier alpha value is -2.21. The van der Waals surface area contributed by atoms with E-state index < -0.39 is 5.97 Å². The number of likely N-dealkylation sites (tertiary alicyclic amines) is 1. The van der Waals surface area contributed by atoms with Crippen molar-refractivity contribution in [2.24, 2.45) is 5.92 Å². The van der Waals surface area contributed by atoms with Crippen molar-refractivity contribution in [1.82, 2.24) is 4.90 Å². The molecular formula is C17H16FNO3S. The average molecular weight is 333 g/mol. The number of amides is 1. The van der Waals surface area contributed by atoms with E-state index in [-0.39, 0.29) is 17.6 Å². The van der Waals surface area contributed by atoms with E-state index in [1.807, 2.05) is 6.07 Å². The van der Waals surface area contributed by atoms with Crippen LogP contribution >= 0.6 is 11.3 Å². The number of hydrogen-bond donors (Lipinski definition) is 1. The van der Waals surface area contributed by atoms with Gasteiger partial charge in [-0.1, -0.05) is 12.1 Å². The van der Waals surface area contributed by atoms with Crippen LogP contribution in [0.2, 0.25) is 0 Å².